The first-order valence-corrected chi connectivity index (χ1v) is 9.12. The first-order valence-electron chi connectivity index (χ1n) is 7.57. The first kappa shape index (κ1) is 17.0. The summed E-state index contributed by atoms with van der Waals surface area (Å²) in [6.07, 6.45) is 2.52. The highest BCUT2D eigenvalue weighted by Gasteiger charge is 2.28. The summed E-state index contributed by atoms with van der Waals surface area (Å²) < 4.78 is 17.3. The Balaban J connectivity index is 2.12. The fourth-order valence-corrected chi connectivity index (χ4v) is 3.37. The predicted molar refractivity (Wildman–Crippen MR) is 88.6 cm³/mol. The van der Waals surface area contributed by atoms with Crippen LogP contribution in [0.4, 0.5) is 10.5 Å². The Bertz CT molecular complexity index is 548. The summed E-state index contributed by atoms with van der Waals surface area (Å²) in [6, 6.07) is 7.16. The van der Waals surface area contributed by atoms with Gasteiger partial charge in [0.25, 0.3) is 0 Å². The van der Waals surface area contributed by atoms with Gasteiger partial charge in [-0.25, -0.2) is 4.79 Å². The fourth-order valence-electron chi connectivity index (χ4n) is 2.67. The number of urea groups is 1. The summed E-state index contributed by atoms with van der Waals surface area (Å²) in [6.45, 7) is 6.00. The van der Waals surface area contributed by atoms with Crippen LogP contribution in [0.5, 0.6) is 0 Å². The van der Waals surface area contributed by atoms with Crippen molar-refractivity contribution in [2.45, 2.75) is 31.2 Å². The average Bonchev–Trinajstić information content (AvgIpc) is 2.47. The number of hydrogen-bond donors (Lipinski definition) is 1. The van der Waals surface area contributed by atoms with Crippen LogP contribution in [0.1, 0.15) is 20.3 Å². The summed E-state index contributed by atoms with van der Waals surface area (Å²) in [4.78, 5) is 15.1. The summed E-state index contributed by atoms with van der Waals surface area (Å²) in [5, 5.41) is 2.90. The number of amides is 2. The Morgan fingerprint density at radius 3 is 2.86 bits per heavy atom. The number of carbonyl (C=O) groups excluding carboxylic acids is 1. The van der Waals surface area contributed by atoms with Gasteiger partial charge in [0.1, 0.15) is 0 Å². The van der Waals surface area contributed by atoms with Gasteiger partial charge in [-0.15, -0.1) is 0 Å². The van der Waals surface area contributed by atoms with Crippen LogP contribution in [-0.2, 0) is 15.5 Å². The van der Waals surface area contributed by atoms with Crippen LogP contribution < -0.4 is 5.32 Å². The molecule has 2 rings (SSSR count). The highest BCUT2D eigenvalue weighted by Crippen LogP contribution is 2.21. The van der Waals surface area contributed by atoms with E-state index in [-0.39, 0.29) is 12.1 Å². The molecular formula is C16H24N2O3S. The minimum atomic E-state index is -1.14. The van der Waals surface area contributed by atoms with Crippen molar-refractivity contribution in [3.05, 3.63) is 24.3 Å². The number of morpholine rings is 1. The van der Waals surface area contributed by atoms with Gasteiger partial charge in [-0.3, -0.25) is 4.21 Å². The van der Waals surface area contributed by atoms with Gasteiger partial charge in [0, 0.05) is 12.8 Å². The molecule has 1 heterocycles. The molecule has 2 amide bonds. The lowest BCUT2D eigenvalue weighted by atomic mass is 10.0. The Hall–Kier alpha value is -1.40. The van der Waals surface area contributed by atoms with Crippen LogP contribution in [-0.4, -0.2) is 47.2 Å². The van der Waals surface area contributed by atoms with E-state index in [0.29, 0.717) is 36.3 Å². The zero-order valence-electron chi connectivity index (χ0n) is 13.4. The SMILES string of the molecule is CC(C)C[C@@H]1COCCN1C(=O)Nc1ccccc1[S@](C)=O. The lowest BCUT2D eigenvalue weighted by Gasteiger charge is -2.36. The van der Waals surface area contributed by atoms with Crippen molar-refractivity contribution in [2.75, 3.05) is 31.3 Å². The molecule has 22 heavy (non-hydrogen) atoms. The van der Waals surface area contributed by atoms with Crippen LogP contribution in [0, 0.1) is 5.92 Å². The van der Waals surface area contributed by atoms with Crippen molar-refractivity contribution in [3.8, 4) is 0 Å². The maximum Gasteiger partial charge on any atom is 0.322 e. The molecule has 1 saturated heterocycles. The molecule has 6 heteroatoms. The Labute approximate surface area is 134 Å². The van der Waals surface area contributed by atoms with Crippen LogP contribution >= 0.6 is 0 Å². The second-order valence-corrected chi connectivity index (χ2v) is 7.28. The lowest BCUT2D eigenvalue weighted by molar-refractivity contribution is 0.00856. The average molecular weight is 324 g/mol. The van der Waals surface area contributed by atoms with Gasteiger partial charge in [0.05, 0.1) is 40.6 Å². The molecule has 0 unspecified atom stereocenters. The third-order valence-corrected chi connectivity index (χ3v) is 4.65. The zero-order chi connectivity index (χ0) is 16.1. The van der Waals surface area contributed by atoms with E-state index in [4.69, 9.17) is 4.74 Å². The normalized spacial score (nSPS) is 20.0. The summed E-state index contributed by atoms with van der Waals surface area (Å²) >= 11 is 0. The van der Waals surface area contributed by atoms with E-state index in [1.165, 1.54) is 0 Å². The number of ether oxygens (including phenoxy) is 1. The Morgan fingerprint density at radius 1 is 1.45 bits per heavy atom. The number of nitrogens with zero attached hydrogens (tertiary/aromatic N) is 1. The Kier molecular flexibility index (Phi) is 5.97. The quantitative estimate of drug-likeness (QED) is 0.926. The number of nitrogens with one attached hydrogen (secondary N) is 1. The van der Waals surface area contributed by atoms with Crippen LogP contribution in [0.2, 0.25) is 0 Å². The summed E-state index contributed by atoms with van der Waals surface area (Å²) in [7, 11) is -1.14. The molecule has 0 aliphatic carbocycles. The molecule has 1 aliphatic rings. The van der Waals surface area contributed by atoms with Crippen LogP contribution in [0.25, 0.3) is 0 Å². The smallest absolute Gasteiger partial charge is 0.322 e. The number of hydrogen-bond acceptors (Lipinski definition) is 3. The molecule has 1 aromatic carbocycles. The molecule has 1 aromatic rings. The molecule has 122 valence electrons. The van der Waals surface area contributed by atoms with E-state index in [1.807, 2.05) is 17.0 Å². The van der Waals surface area contributed by atoms with E-state index in [9.17, 15) is 9.00 Å². The van der Waals surface area contributed by atoms with E-state index in [2.05, 4.69) is 19.2 Å². The van der Waals surface area contributed by atoms with Crippen LogP contribution in [0.3, 0.4) is 0 Å². The van der Waals surface area contributed by atoms with Gasteiger partial charge in [0.2, 0.25) is 0 Å². The minimum Gasteiger partial charge on any atom is -0.377 e. The summed E-state index contributed by atoms with van der Waals surface area (Å²) in [5.41, 5.74) is 0.614. The number of para-hydroxylation sites is 1. The minimum absolute atomic E-state index is 0.0908. The van der Waals surface area contributed by atoms with Crippen molar-refractivity contribution in [3.63, 3.8) is 0 Å². The standard InChI is InChI=1S/C16H24N2O3S/c1-12(2)10-13-11-21-9-8-18(13)16(19)17-14-6-4-5-7-15(14)22(3)20/h4-7,12-13H,8-11H2,1-3H3,(H,17,19)/t13-,22+/m1/s1. The van der Waals surface area contributed by atoms with Gasteiger partial charge in [-0.2, -0.15) is 0 Å². The molecule has 5 nitrogen and oxygen atoms in total. The van der Waals surface area contributed by atoms with E-state index < -0.39 is 10.8 Å². The molecule has 0 spiro atoms. The zero-order valence-corrected chi connectivity index (χ0v) is 14.2. The first-order chi connectivity index (χ1) is 10.5. The second-order valence-electron chi connectivity index (χ2n) is 5.93. The molecule has 1 fully saturated rings. The fraction of sp³-hybridized carbons (Fsp3) is 0.562. The number of anilines is 1. The molecular weight excluding hydrogens is 300 g/mol. The maximum atomic E-state index is 12.6. The van der Waals surface area contributed by atoms with Gasteiger partial charge in [-0.05, 0) is 24.5 Å². The predicted octanol–water partition coefficient (Wildman–Crippen LogP) is 2.70. The second kappa shape index (κ2) is 7.74. The maximum absolute atomic E-state index is 12.6. The van der Waals surface area contributed by atoms with E-state index in [0.717, 1.165) is 6.42 Å². The van der Waals surface area contributed by atoms with E-state index in [1.54, 1.807) is 18.4 Å². The molecule has 0 aromatic heterocycles. The van der Waals surface area contributed by atoms with Crippen LogP contribution in [0.15, 0.2) is 29.2 Å². The molecule has 1 N–H and O–H groups in total. The van der Waals surface area contributed by atoms with Crippen molar-refractivity contribution < 1.29 is 13.7 Å². The monoisotopic (exact) mass is 324 g/mol. The molecule has 1 aliphatic heterocycles. The largest absolute Gasteiger partial charge is 0.377 e. The topological polar surface area (TPSA) is 58.6 Å². The van der Waals surface area contributed by atoms with Crippen molar-refractivity contribution in [1.82, 2.24) is 4.90 Å². The summed E-state index contributed by atoms with van der Waals surface area (Å²) in [5.74, 6) is 0.498. The van der Waals surface area contributed by atoms with Gasteiger partial charge in [-0.1, -0.05) is 26.0 Å². The number of carbonyl (C=O) groups is 1. The van der Waals surface area contributed by atoms with Crippen molar-refractivity contribution in [1.29, 1.82) is 0 Å². The van der Waals surface area contributed by atoms with Gasteiger partial charge in [0.15, 0.2) is 0 Å². The van der Waals surface area contributed by atoms with Crippen molar-refractivity contribution >= 4 is 22.5 Å². The highest BCUT2D eigenvalue weighted by atomic mass is 32.2. The van der Waals surface area contributed by atoms with Crippen molar-refractivity contribution in [2.24, 2.45) is 5.92 Å². The highest BCUT2D eigenvalue weighted by molar-refractivity contribution is 7.84. The Morgan fingerprint density at radius 2 is 2.18 bits per heavy atom. The van der Waals surface area contributed by atoms with Gasteiger partial charge < -0.3 is 15.0 Å². The number of rotatable bonds is 4. The molecule has 0 bridgehead atoms. The molecule has 0 radical (unpaired) electrons. The third-order valence-electron chi connectivity index (χ3n) is 3.67. The molecule has 2 atom stereocenters. The number of benzene rings is 1. The third kappa shape index (κ3) is 4.30. The van der Waals surface area contributed by atoms with Gasteiger partial charge >= 0.3 is 6.03 Å². The van der Waals surface area contributed by atoms with E-state index >= 15 is 0 Å². The lowest BCUT2D eigenvalue weighted by Crippen LogP contribution is -2.50. The molecule has 0 saturated carbocycles.